The summed E-state index contributed by atoms with van der Waals surface area (Å²) in [7, 11) is 4.62. The van der Waals surface area contributed by atoms with E-state index in [0.717, 1.165) is 57.0 Å². The zero-order chi connectivity index (χ0) is 78.4. The molecule has 7 N–H and O–H groups in total. The van der Waals surface area contributed by atoms with Crippen molar-refractivity contribution in [2.75, 3.05) is 81.2 Å². The van der Waals surface area contributed by atoms with E-state index in [2.05, 4.69) is 42.2 Å². The molecule has 5 aliphatic heterocycles. The molecule has 1 aliphatic carbocycles. The molecule has 0 radical (unpaired) electrons. The van der Waals surface area contributed by atoms with E-state index in [-0.39, 0.29) is 90.6 Å². The van der Waals surface area contributed by atoms with E-state index >= 15 is 0 Å². The zero-order valence-corrected chi connectivity index (χ0v) is 63.4. The maximum atomic E-state index is 14.5. The topological polar surface area (TPSA) is 345 Å². The number of amides is 9. The number of carbonyl (C=O) groups excluding carboxylic acids is 9. The smallest absolute Gasteiger partial charge is 0.416 e. The van der Waals surface area contributed by atoms with Crippen molar-refractivity contribution in [2.24, 2.45) is 11.3 Å². The predicted octanol–water partition coefficient (Wildman–Crippen LogP) is 9.14. The summed E-state index contributed by atoms with van der Waals surface area (Å²) < 4.78 is 37.2. The van der Waals surface area contributed by atoms with Gasteiger partial charge in [0, 0.05) is 67.1 Å². The van der Waals surface area contributed by atoms with Crippen molar-refractivity contribution < 1.29 is 76.7 Å². The van der Waals surface area contributed by atoms with Crippen molar-refractivity contribution in [1.82, 2.24) is 46.1 Å². The minimum Gasteiger partial charge on any atom is -0.497 e. The van der Waals surface area contributed by atoms with Crippen LogP contribution in [0.1, 0.15) is 136 Å². The van der Waals surface area contributed by atoms with Gasteiger partial charge in [0.15, 0.2) is 29.2 Å². The lowest BCUT2D eigenvalue weighted by Gasteiger charge is -2.31. The van der Waals surface area contributed by atoms with Crippen LogP contribution in [0.2, 0.25) is 0 Å². The average Bonchev–Trinajstić information content (AvgIpc) is 1.62. The van der Waals surface area contributed by atoms with E-state index in [1.807, 2.05) is 104 Å². The summed E-state index contributed by atoms with van der Waals surface area (Å²) in [6.07, 6.45) is 4.02. The van der Waals surface area contributed by atoms with E-state index in [1.165, 1.54) is 33.3 Å². The quantitative estimate of drug-likeness (QED) is 0.0225. The Kier molecular flexibility index (Phi) is 23.3. The minimum absolute atomic E-state index is 0.0193. The van der Waals surface area contributed by atoms with Gasteiger partial charge in [0.25, 0.3) is 11.8 Å². The van der Waals surface area contributed by atoms with Crippen LogP contribution in [0.15, 0.2) is 128 Å². The lowest BCUT2D eigenvalue weighted by atomic mass is 9.95. The van der Waals surface area contributed by atoms with Crippen LogP contribution in [0.3, 0.4) is 0 Å². The number of carbonyl (C=O) groups is 9. The fraction of sp³-hybridized carbons (Fsp3) is 0.402. The molecule has 1 saturated heterocycles. The van der Waals surface area contributed by atoms with Crippen LogP contribution >= 0.6 is 0 Å². The van der Waals surface area contributed by atoms with Gasteiger partial charge < -0.3 is 80.1 Å². The normalized spacial score (nSPS) is 17.4. The van der Waals surface area contributed by atoms with Gasteiger partial charge in [0.05, 0.1) is 100 Å². The molecular weight excluding hydrogens is 1420 g/mol. The summed E-state index contributed by atoms with van der Waals surface area (Å²) in [5, 5.41) is 37.7. The predicted molar refractivity (Wildman–Crippen MR) is 412 cm³/mol. The molecule has 29 heteroatoms. The number of hydrogen-bond donors (Lipinski definition) is 7. The molecule has 1 saturated carbocycles. The molecule has 1 aromatic heterocycles. The number of nitrogens with zero attached hydrogens (tertiary/aromatic N) is 7. The van der Waals surface area contributed by atoms with Gasteiger partial charge >= 0.3 is 6.09 Å². The SMILES string of the molecule is COc1ccc(C2=CN3C(=O)c4cc(OC)c(OCCCCCOc5cc6c(cc5OC)C(=O)N5CC7(CC7)C[C@H]5C(O)N6C(=O)OCc5ccc(NC(=O)[C@H](C)NC(=O)[C@@H](NC(=O)CNC(=O)CNC(=O)CCC(=O)N6Cc7ccccc7-c7c(nnn7C(C)C)-c7ccccc76)C(C)C)cc5)cc4NC[C@@H]3C2)cc1. The van der Waals surface area contributed by atoms with Crippen molar-refractivity contribution in [3.8, 4) is 51.3 Å². The van der Waals surface area contributed by atoms with Crippen LogP contribution in [0.4, 0.5) is 27.5 Å². The maximum Gasteiger partial charge on any atom is 0.416 e. The maximum absolute atomic E-state index is 14.5. The Bertz CT molecular complexity index is 4750. The van der Waals surface area contributed by atoms with E-state index in [0.29, 0.717) is 97.2 Å². The number of aliphatic hydroxyl groups is 1. The summed E-state index contributed by atoms with van der Waals surface area (Å²) in [5.41, 5.74) is 8.76. The zero-order valence-electron chi connectivity index (χ0n) is 63.4. The van der Waals surface area contributed by atoms with E-state index in [4.69, 9.17) is 28.4 Å². The molecule has 13 rings (SSSR count). The van der Waals surface area contributed by atoms with Gasteiger partial charge in [0.2, 0.25) is 35.4 Å². The lowest BCUT2D eigenvalue weighted by Crippen LogP contribution is -2.55. The number of benzene rings is 6. The second-order valence-electron chi connectivity index (χ2n) is 29.4. The molecule has 1 unspecified atom stereocenters. The molecule has 1 spiro atoms. The number of unbranched alkanes of at least 4 members (excludes halogenated alkanes) is 2. The van der Waals surface area contributed by atoms with Crippen molar-refractivity contribution in [1.29, 1.82) is 0 Å². The first-order valence-electron chi connectivity index (χ1n) is 37.6. The van der Waals surface area contributed by atoms with Gasteiger partial charge in [0.1, 0.15) is 30.1 Å². The molecule has 6 heterocycles. The number of methoxy groups -OCH3 is 3. The molecule has 2 fully saturated rings. The fourth-order valence-electron chi connectivity index (χ4n) is 14.8. The first-order valence-corrected chi connectivity index (χ1v) is 37.6. The third-order valence-corrected chi connectivity index (χ3v) is 21.1. The van der Waals surface area contributed by atoms with Crippen LogP contribution in [0.5, 0.6) is 28.7 Å². The summed E-state index contributed by atoms with van der Waals surface area (Å²) in [6, 6.07) is 33.0. The highest BCUT2D eigenvalue weighted by molar-refractivity contribution is 6.07. The Morgan fingerprint density at radius 1 is 0.676 bits per heavy atom. The van der Waals surface area contributed by atoms with Gasteiger partial charge in [-0.3, -0.25) is 38.4 Å². The summed E-state index contributed by atoms with van der Waals surface area (Å²) >= 11 is 0. The van der Waals surface area contributed by atoms with Crippen LogP contribution < -0.4 is 65.4 Å². The second kappa shape index (κ2) is 33.5. The molecule has 5 atom stereocenters. The van der Waals surface area contributed by atoms with Crippen molar-refractivity contribution >= 4 is 81.7 Å². The summed E-state index contributed by atoms with van der Waals surface area (Å²) in [5.74, 6) is -2.29. The number of nitrogens with one attached hydrogen (secondary N) is 6. The molecule has 29 nitrogen and oxygen atoms in total. The Morgan fingerprint density at radius 3 is 2.05 bits per heavy atom. The first kappa shape index (κ1) is 77.2. The highest BCUT2D eigenvalue weighted by Gasteiger charge is 2.58. The molecule has 6 aromatic carbocycles. The molecule has 6 aliphatic rings. The number of aromatic nitrogens is 3. The molecule has 9 amide bonds. The van der Waals surface area contributed by atoms with Crippen LogP contribution in [-0.2, 0) is 46.7 Å². The molecule has 111 heavy (non-hydrogen) atoms. The van der Waals surface area contributed by atoms with Crippen molar-refractivity contribution in [3.63, 3.8) is 0 Å². The van der Waals surface area contributed by atoms with E-state index in [1.54, 1.807) is 66.0 Å². The number of fused-ring (bicyclic) bond motifs is 9. The van der Waals surface area contributed by atoms with Crippen LogP contribution in [0.25, 0.3) is 28.1 Å². The Hall–Kier alpha value is -12.0. The van der Waals surface area contributed by atoms with Gasteiger partial charge in [-0.05, 0) is 142 Å². The van der Waals surface area contributed by atoms with Crippen molar-refractivity contribution in [3.05, 3.63) is 155 Å². The third-order valence-electron chi connectivity index (χ3n) is 21.1. The molecule has 0 bridgehead atoms. The van der Waals surface area contributed by atoms with Crippen LogP contribution in [0, 0.1) is 11.3 Å². The average molecular weight is 1520 g/mol. The van der Waals surface area contributed by atoms with Gasteiger partial charge in [-0.15, -0.1) is 5.10 Å². The Morgan fingerprint density at radius 2 is 1.35 bits per heavy atom. The largest absolute Gasteiger partial charge is 0.497 e. The van der Waals surface area contributed by atoms with Crippen molar-refractivity contribution in [2.45, 2.75) is 142 Å². The number of para-hydroxylation sites is 1. The number of rotatable bonds is 28. The van der Waals surface area contributed by atoms with Gasteiger partial charge in [-0.2, -0.15) is 0 Å². The summed E-state index contributed by atoms with van der Waals surface area (Å²) in [6.45, 7) is 9.40. The molecule has 582 valence electrons. The Labute approximate surface area is 642 Å². The number of ether oxygens (including phenoxy) is 6. The standard InChI is InChI=1S/C82H93N13O16/c1-47(2)73(88-71(98)42-85-70(97)41-84-69(96)28-29-72(99)92-43-52-16-10-11-17-57(52)75-74(89-90-95(75)48(3)4)58-18-12-13-19-62(58)92)77(101)86-49(5)76(100)87-54-24-20-50(21-25-54)45-111-81(105)94-63-38-68(66(108-8)36-60(63)79(103)93-46-82(30-31-82)39-64(93)80(94)104)110-33-15-9-14-32-109-67-37-61-59(35-65(67)107-7)78(102)91-44-53(34-55(91)40-83-61)51-22-26-56(106-6)27-23-51/h10-13,16-27,35-38,44,47-49,55,64,73,80,83,104H,9,14-15,28-34,39-43,45-46H2,1-8H3,(H,84,96)(H,85,97)(H,86,101)(H,87,100)(H,88,98)/t49-,55-,64-,73-,80?/m0/s1. The van der Waals surface area contributed by atoms with Crippen LogP contribution in [-0.4, -0.2) is 174 Å². The van der Waals surface area contributed by atoms with E-state index < -0.39 is 79.0 Å². The van der Waals surface area contributed by atoms with E-state index in [9.17, 15) is 48.3 Å². The highest BCUT2D eigenvalue weighted by Crippen LogP contribution is 2.57. The molecular formula is C82H93N13O16. The summed E-state index contributed by atoms with van der Waals surface area (Å²) in [4.78, 5) is 129. The first-order chi connectivity index (χ1) is 53.5. The Balaban J connectivity index is 0.556. The second-order valence-corrected chi connectivity index (χ2v) is 29.4. The highest BCUT2D eigenvalue weighted by atomic mass is 16.6. The number of hydrogen-bond acceptors (Lipinski definition) is 19. The van der Waals surface area contributed by atoms with Gasteiger partial charge in [-0.25, -0.2) is 14.4 Å². The lowest BCUT2D eigenvalue weighted by molar-refractivity contribution is -0.132. The van der Waals surface area contributed by atoms with Gasteiger partial charge in [-0.1, -0.05) is 85.8 Å². The minimum atomic E-state index is -1.48. The number of anilines is 4. The third kappa shape index (κ3) is 16.9. The fourth-order valence-corrected chi connectivity index (χ4v) is 14.8. The monoisotopic (exact) mass is 1520 g/mol. The number of aliphatic hydroxyl groups excluding tert-OH is 1. The molecule has 7 aromatic rings.